The van der Waals surface area contributed by atoms with Gasteiger partial charge in [0.1, 0.15) is 11.6 Å². The zero-order valence-electron chi connectivity index (χ0n) is 18.9. The maximum Gasteiger partial charge on any atom is 0.416 e. The predicted molar refractivity (Wildman–Crippen MR) is 122 cm³/mol. The van der Waals surface area contributed by atoms with Crippen LogP contribution in [0, 0.1) is 0 Å². The van der Waals surface area contributed by atoms with Gasteiger partial charge >= 0.3 is 6.18 Å². The van der Waals surface area contributed by atoms with Crippen LogP contribution < -0.4 is 5.32 Å². The van der Waals surface area contributed by atoms with Gasteiger partial charge in [0, 0.05) is 44.0 Å². The first kappa shape index (κ1) is 24.3. The minimum absolute atomic E-state index is 0.0259. The van der Waals surface area contributed by atoms with Crippen molar-refractivity contribution in [2.45, 2.75) is 31.5 Å². The van der Waals surface area contributed by atoms with Crippen LogP contribution in [0.5, 0.6) is 0 Å². The highest BCUT2D eigenvalue weighted by Gasteiger charge is 2.33. The summed E-state index contributed by atoms with van der Waals surface area (Å²) >= 11 is 0. The molecule has 10 heteroatoms. The number of carbonyl (C=O) groups excluding carboxylic acids is 2. The van der Waals surface area contributed by atoms with E-state index in [1.54, 1.807) is 40.1 Å². The van der Waals surface area contributed by atoms with Crippen LogP contribution >= 0.6 is 0 Å². The number of imidazole rings is 1. The van der Waals surface area contributed by atoms with E-state index in [-0.39, 0.29) is 30.5 Å². The highest BCUT2D eigenvalue weighted by Crippen LogP contribution is 2.33. The Labute approximate surface area is 200 Å². The second-order valence-electron chi connectivity index (χ2n) is 8.29. The van der Waals surface area contributed by atoms with Crippen molar-refractivity contribution < 1.29 is 27.2 Å². The lowest BCUT2D eigenvalue weighted by molar-refractivity contribution is -0.138. The fourth-order valence-electron chi connectivity index (χ4n) is 4.20. The summed E-state index contributed by atoms with van der Waals surface area (Å²) in [6, 6.07) is 8.95. The van der Waals surface area contributed by atoms with Crippen molar-refractivity contribution in [2.24, 2.45) is 0 Å². The smallest absolute Gasteiger partial charge is 0.416 e. The number of alkyl halides is 3. The molecule has 1 N–H and O–H groups in total. The van der Waals surface area contributed by atoms with Gasteiger partial charge in [0.15, 0.2) is 0 Å². The molecule has 1 fully saturated rings. The van der Waals surface area contributed by atoms with Crippen LogP contribution in [0.3, 0.4) is 0 Å². The first-order valence-corrected chi connectivity index (χ1v) is 11.2. The molecular formula is C25H25F3N4O3. The lowest BCUT2D eigenvalue weighted by Crippen LogP contribution is -2.43. The summed E-state index contributed by atoms with van der Waals surface area (Å²) in [5.74, 6) is 0.689. The van der Waals surface area contributed by atoms with Crippen molar-refractivity contribution in [1.82, 2.24) is 19.8 Å². The Morgan fingerprint density at radius 3 is 2.63 bits per heavy atom. The normalized spacial score (nSPS) is 15.0. The molecule has 0 atom stereocenters. The largest absolute Gasteiger partial charge is 0.465 e. The van der Waals surface area contributed by atoms with Crippen LogP contribution in [-0.4, -0.2) is 45.9 Å². The molecule has 7 nitrogen and oxygen atoms in total. The SMILES string of the molecule is O=C(C=Cc1ccco1)NCC(=O)N1CCC(c2nccn2Cc2ccccc2C(F)(F)F)CC1. The summed E-state index contributed by atoms with van der Waals surface area (Å²) in [7, 11) is 0. The Bertz CT molecular complexity index is 1180. The molecule has 0 saturated carbocycles. The number of aromatic nitrogens is 2. The second-order valence-corrected chi connectivity index (χ2v) is 8.29. The number of halogens is 3. The van der Waals surface area contributed by atoms with E-state index in [4.69, 9.17) is 4.42 Å². The molecule has 2 aromatic heterocycles. The molecule has 1 aliphatic heterocycles. The molecule has 0 spiro atoms. The summed E-state index contributed by atoms with van der Waals surface area (Å²) < 4.78 is 47.0. The number of likely N-dealkylation sites (tertiary alicyclic amines) is 1. The standard InChI is InChI=1S/C25H25F3N4O3/c26-25(27,28)21-6-2-1-4-19(21)17-32-14-11-29-24(32)18-9-12-31(13-10-18)23(34)16-30-22(33)8-7-20-5-3-15-35-20/h1-8,11,14-15,18H,9-10,12-13,16-17H2,(H,30,33). The second kappa shape index (κ2) is 10.6. The summed E-state index contributed by atoms with van der Waals surface area (Å²) in [6.45, 7) is 0.914. The average Bonchev–Trinajstić information content (AvgIpc) is 3.53. The van der Waals surface area contributed by atoms with Gasteiger partial charge in [-0.25, -0.2) is 4.98 Å². The number of nitrogens with one attached hydrogen (secondary N) is 1. The first-order valence-electron chi connectivity index (χ1n) is 11.2. The Kier molecular flexibility index (Phi) is 7.38. The van der Waals surface area contributed by atoms with Gasteiger partial charge in [-0.3, -0.25) is 9.59 Å². The number of amides is 2. The van der Waals surface area contributed by atoms with Crippen LogP contribution in [0.15, 0.2) is 65.5 Å². The Balaban J connectivity index is 1.30. The Morgan fingerprint density at radius 2 is 1.91 bits per heavy atom. The molecule has 1 aliphatic rings. The highest BCUT2D eigenvalue weighted by molar-refractivity contribution is 5.94. The van der Waals surface area contributed by atoms with E-state index in [2.05, 4.69) is 10.3 Å². The zero-order chi connectivity index (χ0) is 24.8. The molecule has 0 bridgehead atoms. The summed E-state index contributed by atoms with van der Waals surface area (Å²) in [4.78, 5) is 30.5. The van der Waals surface area contributed by atoms with E-state index in [0.717, 1.165) is 6.07 Å². The van der Waals surface area contributed by atoms with Crippen LogP contribution in [0.1, 0.15) is 41.5 Å². The highest BCUT2D eigenvalue weighted by atomic mass is 19.4. The van der Waals surface area contributed by atoms with E-state index < -0.39 is 17.6 Å². The van der Waals surface area contributed by atoms with Crippen molar-refractivity contribution in [3.05, 3.63) is 83.8 Å². The topological polar surface area (TPSA) is 80.4 Å². The van der Waals surface area contributed by atoms with Gasteiger partial charge in [-0.05, 0) is 42.7 Å². The van der Waals surface area contributed by atoms with Gasteiger partial charge in [0.05, 0.1) is 18.4 Å². The summed E-state index contributed by atoms with van der Waals surface area (Å²) in [5, 5.41) is 2.57. The van der Waals surface area contributed by atoms with Crippen molar-refractivity contribution >= 4 is 17.9 Å². The molecule has 3 heterocycles. The molecule has 35 heavy (non-hydrogen) atoms. The third-order valence-corrected chi connectivity index (χ3v) is 5.98. The number of benzene rings is 1. The van der Waals surface area contributed by atoms with Gasteiger partial charge in [-0.2, -0.15) is 13.2 Å². The zero-order valence-corrected chi connectivity index (χ0v) is 18.9. The van der Waals surface area contributed by atoms with Gasteiger partial charge in [-0.15, -0.1) is 0 Å². The number of piperidine rings is 1. The molecule has 2 amide bonds. The lowest BCUT2D eigenvalue weighted by atomic mass is 9.95. The van der Waals surface area contributed by atoms with Crippen LogP contribution in [0.2, 0.25) is 0 Å². The summed E-state index contributed by atoms with van der Waals surface area (Å²) in [6.07, 6.45) is 4.44. The minimum atomic E-state index is -4.42. The van der Waals surface area contributed by atoms with Crippen molar-refractivity contribution in [2.75, 3.05) is 19.6 Å². The van der Waals surface area contributed by atoms with E-state index in [9.17, 15) is 22.8 Å². The third-order valence-electron chi connectivity index (χ3n) is 5.98. The molecule has 4 rings (SSSR count). The van der Waals surface area contributed by atoms with Crippen LogP contribution in [0.25, 0.3) is 6.08 Å². The van der Waals surface area contributed by atoms with E-state index in [1.807, 2.05) is 0 Å². The molecular weight excluding hydrogens is 461 g/mol. The van der Waals surface area contributed by atoms with Crippen LogP contribution in [0.4, 0.5) is 13.2 Å². The molecule has 3 aromatic rings. The maximum atomic E-state index is 13.4. The number of carbonyl (C=O) groups is 2. The third kappa shape index (κ3) is 6.20. The molecule has 1 saturated heterocycles. The number of hydrogen-bond donors (Lipinski definition) is 1. The van der Waals surface area contributed by atoms with Crippen molar-refractivity contribution in [3.8, 4) is 0 Å². The van der Waals surface area contributed by atoms with Gasteiger partial charge in [-0.1, -0.05) is 18.2 Å². The molecule has 0 aliphatic carbocycles. The van der Waals surface area contributed by atoms with Gasteiger partial charge in [0.25, 0.3) is 0 Å². The number of nitrogens with zero attached hydrogens (tertiary/aromatic N) is 3. The first-order chi connectivity index (χ1) is 16.8. The van der Waals surface area contributed by atoms with E-state index >= 15 is 0 Å². The quantitative estimate of drug-likeness (QED) is 0.511. The summed E-state index contributed by atoms with van der Waals surface area (Å²) in [5.41, 5.74) is -0.468. The van der Waals surface area contributed by atoms with Gasteiger partial charge in [0.2, 0.25) is 11.8 Å². The minimum Gasteiger partial charge on any atom is -0.465 e. The van der Waals surface area contributed by atoms with Gasteiger partial charge < -0.3 is 19.2 Å². The van der Waals surface area contributed by atoms with Crippen molar-refractivity contribution in [3.63, 3.8) is 0 Å². The number of furan rings is 1. The number of hydrogen-bond acceptors (Lipinski definition) is 4. The predicted octanol–water partition coefficient (Wildman–Crippen LogP) is 4.08. The fourth-order valence-corrected chi connectivity index (χ4v) is 4.20. The van der Waals surface area contributed by atoms with E-state index in [0.29, 0.717) is 37.5 Å². The monoisotopic (exact) mass is 486 g/mol. The van der Waals surface area contributed by atoms with Crippen molar-refractivity contribution in [1.29, 1.82) is 0 Å². The molecule has 184 valence electrons. The Morgan fingerprint density at radius 1 is 1.14 bits per heavy atom. The molecule has 1 aromatic carbocycles. The number of rotatable bonds is 7. The molecule has 0 unspecified atom stereocenters. The van der Waals surface area contributed by atoms with Crippen LogP contribution in [-0.2, 0) is 22.3 Å². The molecule has 0 radical (unpaired) electrons. The van der Waals surface area contributed by atoms with E-state index in [1.165, 1.54) is 30.5 Å². The maximum absolute atomic E-state index is 13.4. The Hall–Kier alpha value is -3.82. The fraction of sp³-hybridized carbons (Fsp3) is 0.320. The average molecular weight is 486 g/mol. The lowest BCUT2D eigenvalue weighted by Gasteiger charge is -2.32.